The number of halogens is 1. The summed E-state index contributed by atoms with van der Waals surface area (Å²) in [5.41, 5.74) is 1.55. The number of rotatable bonds is 11. The van der Waals surface area contributed by atoms with Crippen molar-refractivity contribution in [1.82, 2.24) is 14.5 Å². The number of aliphatic hydroxyl groups excluding tert-OH is 1. The van der Waals surface area contributed by atoms with Gasteiger partial charge in [-0.25, -0.2) is 9.78 Å². The van der Waals surface area contributed by atoms with Gasteiger partial charge in [-0.2, -0.15) is 0 Å². The summed E-state index contributed by atoms with van der Waals surface area (Å²) in [5.74, 6) is 0.649. The summed E-state index contributed by atoms with van der Waals surface area (Å²) in [6, 6.07) is 8.43. The number of benzene rings is 1. The highest BCUT2D eigenvalue weighted by Gasteiger charge is 2.42. The maximum absolute atomic E-state index is 13.3. The zero-order chi connectivity index (χ0) is 28.1. The number of ether oxygens (including phenoxy) is 3. The molecule has 3 rings (SSSR count). The van der Waals surface area contributed by atoms with Crippen molar-refractivity contribution in [3.63, 3.8) is 0 Å². The summed E-state index contributed by atoms with van der Waals surface area (Å²) in [6.07, 6.45) is 1.63. The van der Waals surface area contributed by atoms with Gasteiger partial charge in [0, 0.05) is 31.1 Å². The number of amides is 1. The molecular weight excluding hydrogens is 566 g/mol. The number of carbonyl (C=O) groups is 1. The molecule has 1 aliphatic heterocycles. The Balaban J connectivity index is 2.04. The normalized spacial score (nSPS) is 18.2. The lowest BCUT2D eigenvalue weighted by Gasteiger charge is -2.28. The number of aromatic nitrogens is 2. The van der Waals surface area contributed by atoms with Crippen molar-refractivity contribution in [3.8, 4) is 11.3 Å². The Morgan fingerprint density at radius 1 is 1.26 bits per heavy atom. The van der Waals surface area contributed by atoms with Crippen molar-refractivity contribution in [3.05, 3.63) is 52.9 Å². The lowest BCUT2D eigenvalue weighted by Crippen LogP contribution is -2.38. The van der Waals surface area contributed by atoms with Gasteiger partial charge in [-0.15, -0.1) is 6.58 Å². The van der Waals surface area contributed by atoms with Gasteiger partial charge in [0.1, 0.15) is 18.2 Å². The molecule has 0 saturated carbocycles. The van der Waals surface area contributed by atoms with Crippen LogP contribution in [0, 0.1) is 0 Å². The van der Waals surface area contributed by atoms with Crippen LogP contribution in [0.15, 0.2) is 41.4 Å². The van der Waals surface area contributed by atoms with Crippen LogP contribution in [0.5, 0.6) is 0 Å². The largest absolute Gasteiger partial charge is 0.444 e. The molecule has 0 aliphatic carbocycles. The summed E-state index contributed by atoms with van der Waals surface area (Å²) in [5, 5.41) is 10.5. The molecule has 2 unspecified atom stereocenters. The molecule has 210 valence electrons. The van der Waals surface area contributed by atoms with Gasteiger partial charge < -0.3 is 23.9 Å². The fraction of sp³-hybridized carbons (Fsp3) is 0.571. The minimum Gasteiger partial charge on any atom is -0.444 e. The Morgan fingerprint density at radius 2 is 1.95 bits per heavy atom. The monoisotopic (exact) mass is 607 g/mol. The molecule has 1 aliphatic rings. The van der Waals surface area contributed by atoms with E-state index in [1.807, 2.05) is 49.6 Å². The van der Waals surface area contributed by atoms with E-state index in [-0.39, 0.29) is 19.4 Å². The minimum atomic E-state index is -1.28. The van der Waals surface area contributed by atoms with Crippen LogP contribution in [0.25, 0.3) is 11.3 Å². The molecule has 0 bridgehead atoms. The Bertz CT molecular complexity index is 1090. The van der Waals surface area contributed by atoms with E-state index in [9.17, 15) is 9.90 Å². The summed E-state index contributed by atoms with van der Waals surface area (Å²) >= 11 is 3.49. The predicted octanol–water partition coefficient (Wildman–Crippen LogP) is 6.37. The molecule has 1 N–H and O–H groups in total. The molecule has 38 heavy (non-hydrogen) atoms. The number of likely N-dealkylation sites (tertiary alicyclic amines) is 1. The number of hydrogen-bond acceptors (Lipinski definition) is 6. The van der Waals surface area contributed by atoms with E-state index >= 15 is 0 Å². The van der Waals surface area contributed by atoms with Gasteiger partial charge >= 0.3 is 6.09 Å². The van der Waals surface area contributed by atoms with Crippen LogP contribution >= 0.6 is 15.9 Å². The molecule has 1 fully saturated rings. The van der Waals surface area contributed by atoms with Gasteiger partial charge in [0.25, 0.3) is 0 Å². The maximum atomic E-state index is 13.3. The van der Waals surface area contributed by atoms with Crippen molar-refractivity contribution in [2.75, 3.05) is 19.8 Å². The van der Waals surface area contributed by atoms with Crippen LogP contribution in [-0.4, -0.2) is 65.2 Å². The highest BCUT2D eigenvalue weighted by molar-refractivity contribution is 9.10. The average molecular weight is 609 g/mol. The third-order valence-corrected chi connectivity index (χ3v) is 8.46. The quantitative estimate of drug-likeness (QED) is 0.181. The first-order chi connectivity index (χ1) is 17.8. The molecule has 2 atom stereocenters. The van der Waals surface area contributed by atoms with Gasteiger partial charge in [0.05, 0.1) is 43.3 Å². The molecule has 10 heteroatoms. The first kappa shape index (κ1) is 30.6. The lowest BCUT2D eigenvalue weighted by molar-refractivity contribution is 0.0166. The first-order valence-electron chi connectivity index (χ1n) is 13.1. The van der Waals surface area contributed by atoms with Crippen LogP contribution in [-0.2, 0) is 27.5 Å². The van der Waals surface area contributed by atoms with Gasteiger partial charge in [-0.3, -0.25) is 4.90 Å². The van der Waals surface area contributed by atoms with Gasteiger partial charge in [-0.05, 0) is 38.9 Å². The molecule has 2 heterocycles. The third kappa shape index (κ3) is 8.26. The second kappa shape index (κ2) is 12.9. The number of imidazole rings is 1. The Labute approximate surface area is 236 Å². The second-order valence-corrected chi connectivity index (χ2v) is 18.4. The highest BCUT2D eigenvalue weighted by atomic mass is 79.9. The molecule has 0 spiro atoms. The van der Waals surface area contributed by atoms with E-state index in [1.54, 1.807) is 11.0 Å². The van der Waals surface area contributed by atoms with Gasteiger partial charge in [0.15, 0.2) is 0 Å². The fourth-order valence-electron chi connectivity index (χ4n) is 4.33. The number of hydrogen-bond donors (Lipinski definition) is 1. The molecule has 1 aromatic heterocycles. The van der Waals surface area contributed by atoms with E-state index in [0.717, 1.165) is 16.1 Å². The van der Waals surface area contributed by atoms with Crippen LogP contribution < -0.4 is 0 Å². The summed E-state index contributed by atoms with van der Waals surface area (Å²) < 4.78 is 20.7. The van der Waals surface area contributed by atoms with Crippen molar-refractivity contribution >= 4 is 30.1 Å². The molecule has 1 aromatic carbocycles. The standard InChI is InChI=1S/C28H42BrN3O5Si/c1-8-13-36-22-16-23(31(17-22)27(34)37-28(2,3)4)26-30-25(20-9-11-21(29)12-10-20)24(18-33)32(26)19-35-14-15-38(5,6)7/h8-12,22-23,33H,1,13-19H2,2-7H3. The average Bonchev–Trinajstić information content (AvgIpc) is 3.40. The Kier molecular flexibility index (Phi) is 10.4. The zero-order valence-electron chi connectivity index (χ0n) is 23.5. The number of nitrogens with zero attached hydrogens (tertiary/aromatic N) is 3. The fourth-order valence-corrected chi connectivity index (χ4v) is 5.35. The predicted molar refractivity (Wildman–Crippen MR) is 156 cm³/mol. The van der Waals surface area contributed by atoms with Crippen molar-refractivity contribution < 1.29 is 24.1 Å². The first-order valence-corrected chi connectivity index (χ1v) is 17.6. The van der Waals surface area contributed by atoms with Crippen molar-refractivity contribution in [1.29, 1.82) is 0 Å². The zero-order valence-corrected chi connectivity index (χ0v) is 26.1. The highest BCUT2D eigenvalue weighted by Crippen LogP contribution is 2.37. The van der Waals surface area contributed by atoms with Crippen LogP contribution in [0.3, 0.4) is 0 Å². The van der Waals surface area contributed by atoms with Crippen LogP contribution in [0.1, 0.15) is 44.8 Å². The topological polar surface area (TPSA) is 86.1 Å². The van der Waals surface area contributed by atoms with E-state index in [0.29, 0.717) is 43.4 Å². The third-order valence-electron chi connectivity index (χ3n) is 6.22. The minimum absolute atomic E-state index is 0.197. The molecule has 0 radical (unpaired) electrons. The van der Waals surface area contributed by atoms with Crippen LogP contribution in [0.2, 0.25) is 25.7 Å². The molecule has 8 nitrogen and oxygen atoms in total. The number of aliphatic hydroxyl groups is 1. The van der Waals surface area contributed by atoms with E-state index in [2.05, 4.69) is 42.1 Å². The van der Waals surface area contributed by atoms with Crippen LogP contribution in [0.4, 0.5) is 4.79 Å². The summed E-state index contributed by atoms with van der Waals surface area (Å²) in [6.45, 7) is 17.6. The molecule has 2 aromatic rings. The van der Waals surface area contributed by atoms with Gasteiger partial charge in [0.2, 0.25) is 0 Å². The van der Waals surface area contributed by atoms with E-state index < -0.39 is 25.8 Å². The summed E-state index contributed by atoms with van der Waals surface area (Å²) in [4.78, 5) is 20.0. The molecule has 1 amide bonds. The van der Waals surface area contributed by atoms with E-state index in [4.69, 9.17) is 19.2 Å². The Hall–Kier alpha value is -1.98. The van der Waals surface area contributed by atoms with Gasteiger partial charge in [-0.1, -0.05) is 53.8 Å². The molecule has 1 saturated heterocycles. The second-order valence-electron chi connectivity index (χ2n) is 11.8. The number of carbonyl (C=O) groups excluding carboxylic acids is 1. The smallest absolute Gasteiger partial charge is 0.411 e. The van der Waals surface area contributed by atoms with E-state index in [1.165, 1.54) is 0 Å². The SMILES string of the molecule is C=CCOC1CC(c2nc(-c3ccc(Br)cc3)c(CO)n2COCC[Si](C)(C)C)N(C(=O)OC(C)(C)C)C1. The van der Waals surface area contributed by atoms with Crippen molar-refractivity contribution in [2.24, 2.45) is 0 Å². The van der Waals surface area contributed by atoms with Crippen molar-refractivity contribution in [2.45, 2.75) is 84.0 Å². The maximum Gasteiger partial charge on any atom is 0.411 e. The summed E-state index contributed by atoms with van der Waals surface area (Å²) in [7, 11) is -1.28. The Morgan fingerprint density at radius 3 is 2.53 bits per heavy atom. The lowest BCUT2D eigenvalue weighted by atomic mass is 10.1. The molecular formula is C28H42BrN3O5Si.